The minimum absolute atomic E-state index is 0.0207. The van der Waals surface area contributed by atoms with Crippen LogP contribution in [-0.2, 0) is 0 Å². The first kappa shape index (κ1) is 10.3. The lowest BCUT2D eigenvalue weighted by atomic mass is 10.5. The number of carbonyl (C=O) groups excluding carboxylic acids is 1. The molecule has 0 bridgehead atoms. The lowest BCUT2D eigenvalue weighted by Crippen LogP contribution is -2.19. The topological polar surface area (TPSA) is 109 Å². The van der Waals surface area contributed by atoms with Gasteiger partial charge in [0.25, 0.3) is 0 Å². The monoisotopic (exact) mass is 236 g/mol. The predicted octanol–water partition coefficient (Wildman–Crippen LogP) is 0.212. The highest BCUT2D eigenvalue weighted by molar-refractivity contribution is 7.11. The van der Waals surface area contributed by atoms with Crippen LogP contribution in [0.15, 0.2) is 22.6 Å². The zero-order valence-electron chi connectivity index (χ0n) is 8.04. The van der Waals surface area contributed by atoms with Crippen molar-refractivity contribution in [3.8, 4) is 0 Å². The Morgan fingerprint density at radius 2 is 2.56 bits per heavy atom. The summed E-state index contributed by atoms with van der Waals surface area (Å²) in [5, 5.41) is 11.6. The first-order valence-corrected chi connectivity index (χ1v) is 5.18. The van der Waals surface area contributed by atoms with Crippen LogP contribution in [0.4, 0.5) is 5.95 Å². The highest BCUT2D eigenvalue weighted by Crippen LogP contribution is 2.04. The number of aromatic nitrogens is 3. The van der Waals surface area contributed by atoms with E-state index in [9.17, 15) is 4.79 Å². The summed E-state index contributed by atoms with van der Waals surface area (Å²) in [6.45, 7) is 0. The molecule has 2 aromatic rings. The molecule has 1 amide bonds. The second kappa shape index (κ2) is 4.53. The van der Waals surface area contributed by atoms with Crippen molar-refractivity contribution in [2.24, 2.45) is 5.10 Å². The number of nitrogens with one attached hydrogen (secondary N) is 2. The molecule has 0 aliphatic heterocycles. The molecule has 0 radical (unpaired) electrons. The van der Waals surface area contributed by atoms with Crippen LogP contribution in [0.25, 0.3) is 0 Å². The number of aromatic amines is 1. The smallest absolute Gasteiger partial charge is 0.308 e. The van der Waals surface area contributed by atoms with Crippen LogP contribution >= 0.6 is 11.3 Å². The van der Waals surface area contributed by atoms with Gasteiger partial charge in [-0.2, -0.15) is 10.1 Å². The Hall–Kier alpha value is -2.22. The van der Waals surface area contributed by atoms with E-state index < -0.39 is 5.91 Å². The molecule has 0 aromatic carbocycles. The molecule has 0 saturated carbocycles. The normalized spacial score (nSPS) is 10.8. The van der Waals surface area contributed by atoms with E-state index in [1.807, 2.05) is 17.5 Å². The summed E-state index contributed by atoms with van der Waals surface area (Å²) in [4.78, 5) is 16.0. The van der Waals surface area contributed by atoms with E-state index in [2.05, 4.69) is 25.7 Å². The van der Waals surface area contributed by atoms with E-state index in [-0.39, 0.29) is 11.8 Å². The fourth-order valence-corrected chi connectivity index (χ4v) is 1.53. The van der Waals surface area contributed by atoms with Crippen molar-refractivity contribution in [2.75, 3.05) is 5.73 Å². The van der Waals surface area contributed by atoms with Gasteiger partial charge in [-0.25, -0.2) is 5.43 Å². The SMILES string of the molecule is Nc1n[nH]c(C(=O)N/N=C/c2cccs2)n1. The van der Waals surface area contributed by atoms with Crippen LogP contribution < -0.4 is 11.2 Å². The Balaban J connectivity index is 1.94. The second-order valence-corrected chi connectivity index (χ2v) is 3.74. The minimum Gasteiger partial charge on any atom is -0.366 e. The second-order valence-electron chi connectivity index (χ2n) is 2.76. The summed E-state index contributed by atoms with van der Waals surface area (Å²) in [5.41, 5.74) is 7.55. The maximum Gasteiger partial charge on any atom is 0.308 e. The summed E-state index contributed by atoms with van der Waals surface area (Å²) in [7, 11) is 0. The van der Waals surface area contributed by atoms with E-state index in [0.717, 1.165) is 4.88 Å². The van der Waals surface area contributed by atoms with Crippen LogP contribution in [0.5, 0.6) is 0 Å². The fraction of sp³-hybridized carbons (Fsp3) is 0. The van der Waals surface area contributed by atoms with Crippen molar-refractivity contribution < 1.29 is 4.79 Å². The number of nitrogen functional groups attached to an aromatic ring is 1. The molecule has 0 aliphatic carbocycles. The molecule has 0 saturated heterocycles. The molecule has 2 aromatic heterocycles. The molecule has 0 spiro atoms. The molecule has 8 heteroatoms. The van der Waals surface area contributed by atoms with Crippen LogP contribution in [0, 0.1) is 0 Å². The van der Waals surface area contributed by atoms with Gasteiger partial charge < -0.3 is 5.73 Å². The summed E-state index contributed by atoms with van der Waals surface area (Å²) in [6, 6.07) is 3.78. The van der Waals surface area contributed by atoms with Crippen molar-refractivity contribution >= 4 is 29.4 Å². The van der Waals surface area contributed by atoms with E-state index >= 15 is 0 Å². The van der Waals surface area contributed by atoms with Gasteiger partial charge >= 0.3 is 5.91 Å². The van der Waals surface area contributed by atoms with Gasteiger partial charge in [-0.3, -0.25) is 9.89 Å². The molecule has 0 unspecified atom stereocenters. The average molecular weight is 236 g/mol. The van der Waals surface area contributed by atoms with Gasteiger partial charge in [0.1, 0.15) is 0 Å². The van der Waals surface area contributed by atoms with Gasteiger partial charge in [0.05, 0.1) is 6.21 Å². The zero-order chi connectivity index (χ0) is 11.4. The lowest BCUT2D eigenvalue weighted by Gasteiger charge is -1.92. The number of H-pyrrole nitrogens is 1. The average Bonchev–Trinajstić information content (AvgIpc) is 2.89. The number of carbonyl (C=O) groups is 1. The molecule has 2 heterocycles. The highest BCUT2D eigenvalue weighted by atomic mass is 32.1. The quantitative estimate of drug-likeness (QED) is 0.522. The number of nitrogens with two attached hydrogens (primary N) is 1. The molecule has 2 rings (SSSR count). The maximum absolute atomic E-state index is 11.4. The third kappa shape index (κ3) is 2.42. The lowest BCUT2D eigenvalue weighted by molar-refractivity contribution is 0.0945. The number of rotatable bonds is 3. The van der Waals surface area contributed by atoms with Crippen LogP contribution in [0.1, 0.15) is 15.5 Å². The molecule has 0 atom stereocenters. The molecule has 82 valence electrons. The molecule has 4 N–H and O–H groups in total. The summed E-state index contributed by atoms with van der Waals surface area (Å²) in [5.74, 6) is -0.440. The van der Waals surface area contributed by atoms with E-state index in [1.54, 1.807) is 6.21 Å². The highest BCUT2D eigenvalue weighted by Gasteiger charge is 2.08. The third-order valence-electron chi connectivity index (χ3n) is 1.62. The maximum atomic E-state index is 11.4. The number of anilines is 1. The predicted molar refractivity (Wildman–Crippen MR) is 60.2 cm³/mol. The third-order valence-corrected chi connectivity index (χ3v) is 2.43. The fourth-order valence-electron chi connectivity index (χ4n) is 0.949. The number of thiophene rings is 1. The van der Waals surface area contributed by atoms with Gasteiger partial charge in [-0.05, 0) is 11.4 Å². The summed E-state index contributed by atoms with van der Waals surface area (Å²) in [6.07, 6.45) is 1.54. The van der Waals surface area contributed by atoms with Crippen LogP contribution in [0.3, 0.4) is 0 Å². The van der Waals surface area contributed by atoms with Crippen molar-refractivity contribution in [1.82, 2.24) is 20.6 Å². The number of nitrogens with zero attached hydrogens (tertiary/aromatic N) is 3. The van der Waals surface area contributed by atoms with Gasteiger partial charge in [-0.15, -0.1) is 16.4 Å². The van der Waals surface area contributed by atoms with Gasteiger partial charge in [-0.1, -0.05) is 6.07 Å². The Labute approximate surface area is 94.4 Å². The van der Waals surface area contributed by atoms with Crippen molar-refractivity contribution in [3.63, 3.8) is 0 Å². The Bertz CT molecular complexity index is 502. The molecule has 0 fully saturated rings. The van der Waals surface area contributed by atoms with Crippen LogP contribution in [-0.4, -0.2) is 27.3 Å². The molecule has 0 aliphatic rings. The number of hydrazone groups is 1. The van der Waals surface area contributed by atoms with Gasteiger partial charge in [0.15, 0.2) is 0 Å². The zero-order valence-corrected chi connectivity index (χ0v) is 8.86. The van der Waals surface area contributed by atoms with E-state index in [0.29, 0.717) is 0 Å². The Kier molecular flexibility index (Phi) is 2.92. The largest absolute Gasteiger partial charge is 0.366 e. The molecular weight excluding hydrogens is 228 g/mol. The van der Waals surface area contributed by atoms with Crippen molar-refractivity contribution in [3.05, 3.63) is 28.2 Å². The standard InChI is InChI=1S/C8H8N6OS/c9-8-11-6(12-14-8)7(15)13-10-4-5-2-1-3-16-5/h1-4H,(H,13,15)(H3,9,11,12,14)/b10-4+. The minimum atomic E-state index is -0.489. The molecule has 16 heavy (non-hydrogen) atoms. The number of amides is 1. The number of hydrogen-bond donors (Lipinski definition) is 3. The Morgan fingerprint density at radius 3 is 3.19 bits per heavy atom. The Morgan fingerprint density at radius 1 is 1.69 bits per heavy atom. The van der Waals surface area contributed by atoms with Crippen molar-refractivity contribution in [2.45, 2.75) is 0 Å². The van der Waals surface area contributed by atoms with Gasteiger partial charge in [0.2, 0.25) is 11.8 Å². The molecular formula is C8H8N6OS. The van der Waals surface area contributed by atoms with E-state index in [4.69, 9.17) is 5.73 Å². The first-order chi connectivity index (χ1) is 7.75. The molecule has 7 nitrogen and oxygen atoms in total. The van der Waals surface area contributed by atoms with Gasteiger partial charge in [0, 0.05) is 4.88 Å². The van der Waals surface area contributed by atoms with Crippen LogP contribution in [0.2, 0.25) is 0 Å². The van der Waals surface area contributed by atoms with E-state index in [1.165, 1.54) is 11.3 Å². The summed E-state index contributed by atoms with van der Waals surface area (Å²) < 4.78 is 0. The summed E-state index contributed by atoms with van der Waals surface area (Å²) >= 11 is 1.52. The van der Waals surface area contributed by atoms with Crippen molar-refractivity contribution in [1.29, 1.82) is 0 Å². The number of hydrogen-bond acceptors (Lipinski definition) is 6. The first-order valence-electron chi connectivity index (χ1n) is 4.30.